The number of nitrogens with one attached hydrogen (secondary N) is 1. The molecule has 0 aliphatic carbocycles. The molecule has 0 aliphatic heterocycles. The van der Waals surface area contributed by atoms with Gasteiger partial charge in [-0.15, -0.1) is 0 Å². The Morgan fingerprint density at radius 2 is 2.00 bits per heavy atom. The maximum absolute atomic E-state index is 11.1. The van der Waals surface area contributed by atoms with Crippen LogP contribution in [0.3, 0.4) is 0 Å². The second-order valence-electron chi connectivity index (χ2n) is 3.06. The molecule has 68 valence electrons. The van der Waals surface area contributed by atoms with Gasteiger partial charge < -0.3 is 0 Å². The molecule has 0 saturated heterocycles. The molecule has 0 amide bonds. The summed E-state index contributed by atoms with van der Waals surface area (Å²) in [5.41, 5.74) is 2.30. The summed E-state index contributed by atoms with van der Waals surface area (Å²) in [6.07, 6.45) is 0. The van der Waals surface area contributed by atoms with Crippen molar-refractivity contribution in [2.24, 2.45) is 0 Å². The SMILES string of the molecule is Cc1nn2c(C)nc(=O)[nH]c2c1C. The molecule has 0 saturated carbocycles. The first kappa shape index (κ1) is 7.97. The van der Waals surface area contributed by atoms with Gasteiger partial charge in [0.1, 0.15) is 11.5 Å². The molecule has 2 aromatic heterocycles. The summed E-state index contributed by atoms with van der Waals surface area (Å²) in [7, 11) is 0. The smallest absolute Gasteiger partial charge is 0.290 e. The molecular formula is C8H10N4O. The van der Waals surface area contributed by atoms with Crippen LogP contribution in [-0.4, -0.2) is 19.6 Å². The number of hydrogen-bond donors (Lipinski definition) is 1. The Morgan fingerprint density at radius 1 is 1.31 bits per heavy atom. The Balaban J connectivity index is 3.03. The first-order valence-corrected chi connectivity index (χ1v) is 4.02. The van der Waals surface area contributed by atoms with E-state index in [0.717, 1.165) is 16.9 Å². The predicted molar refractivity (Wildman–Crippen MR) is 47.8 cm³/mol. The molecule has 5 nitrogen and oxygen atoms in total. The molecule has 0 fully saturated rings. The van der Waals surface area contributed by atoms with Gasteiger partial charge in [-0.3, -0.25) is 4.98 Å². The minimum Gasteiger partial charge on any atom is -0.290 e. The third-order valence-corrected chi connectivity index (χ3v) is 2.15. The van der Waals surface area contributed by atoms with Crippen molar-refractivity contribution in [3.63, 3.8) is 0 Å². The van der Waals surface area contributed by atoms with Crippen molar-refractivity contribution in [2.75, 3.05) is 0 Å². The van der Waals surface area contributed by atoms with Crippen molar-refractivity contribution in [1.29, 1.82) is 0 Å². The molecule has 2 aromatic rings. The van der Waals surface area contributed by atoms with Crippen LogP contribution in [0.15, 0.2) is 4.79 Å². The molecule has 0 aliphatic rings. The zero-order valence-electron chi connectivity index (χ0n) is 7.75. The Labute approximate surface area is 74.4 Å². The summed E-state index contributed by atoms with van der Waals surface area (Å²) in [4.78, 5) is 17.5. The predicted octanol–water partition coefficient (Wildman–Crippen LogP) is 0.343. The molecule has 0 spiro atoms. The number of aromatic amines is 1. The molecule has 0 radical (unpaired) electrons. The zero-order chi connectivity index (χ0) is 9.59. The largest absolute Gasteiger partial charge is 0.348 e. The van der Waals surface area contributed by atoms with Crippen LogP contribution in [0.2, 0.25) is 0 Å². The minimum absolute atomic E-state index is 0.326. The summed E-state index contributed by atoms with van der Waals surface area (Å²) in [6.45, 7) is 5.58. The van der Waals surface area contributed by atoms with E-state index in [0.29, 0.717) is 5.82 Å². The van der Waals surface area contributed by atoms with E-state index in [9.17, 15) is 4.79 Å². The van der Waals surface area contributed by atoms with Crippen LogP contribution in [-0.2, 0) is 0 Å². The lowest BCUT2D eigenvalue weighted by Crippen LogP contribution is -2.15. The third kappa shape index (κ3) is 1.04. The molecule has 5 heteroatoms. The highest BCUT2D eigenvalue weighted by Gasteiger charge is 2.07. The normalized spacial score (nSPS) is 11.0. The second kappa shape index (κ2) is 2.42. The maximum Gasteiger partial charge on any atom is 0.348 e. The van der Waals surface area contributed by atoms with Crippen molar-refractivity contribution in [2.45, 2.75) is 20.8 Å². The quantitative estimate of drug-likeness (QED) is 0.632. The van der Waals surface area contributed by atoms with Gasteiger partial charge in [0.2, 0.25) is 0 Å². The van der Waals surface area contributed by atoms with E-state index in [2.05, 4.69) is 15.1 Å². The van der Waals surface area contributed by atoms with Gasteiger partial charge in [0.15, 0.2) is 0 Å². The van der Waals surface area contributed by atoms with Crippen molar-refractivity contribution >= 4 is 5.65 Å². The van der Waals surface area contributed by atoms with Crippen LogP contribution in [0.1, 0.15) is 17.1 Å². The Morgan fingerprint density at radius 3 is 2.69 bits per heavy atom. The number of hydrogen-bond acceptors (Lipinski definition) is 3. The van der Waals surface area contributed by atoms with Crippen molar-refractivity contribution in [3.05, 3.63) is 27.6 Å². The highest BCUT2D eigenvalue weighted by Crippen LogP contribution is 2.09. The van der Waals surface area contributed by atoms with Gasteiger partial charge >= 0.3 is 5.69 Å². The Kier molecular flexibility index (Phi) is 1.48. The van der Waals surface area contributed by atoms with Crippen LogP contribution < -0.4 is 5.69 Å². The van der Waals surface area contributed by atoms with Gasteiger partial charge in [0.05, 0.1) is 5.69 Å². The van der Waals surface area contributed by atoms with Crippen LogP contribution in [0.5, 0.6) is 0 Å². The monoisotopic (exact) mass is 178 g/mol. The number of nitrogens with zero attached hydrogens (tertiary/aromatic N) is 3. The Bertz CT molecular complexity index is 523. The molecule has 0 unspecified atom stereocenters. The lowest BCUT2D eigenvalue weighted by atomic mass is 10.3. The van der Waals surface area contributed by atoms with Gasteiger partial charge in [0, 0.05) is 5.56 Å². The molecule has 0 atom stereocenters. The average molecular weight is 178 g/mol. The third-order valence-electron chi connectivity index (χ3n) is 2.15. The van der Waals surface area contributed by atoms with Crippen LogP contribution >= 0.6 is 0 Å². The Hall–Kier alpha value is -1.65. The highest BCUT2D eigenvalue weighted by molar-refractivity contribution is 5.48. The highest BCUT2D eigenvalue weighted by atomic mass is 16.1. The lowest BCUT2D eigenvalue weighted by Gasteiger charge is -1.95. The van der Waals surface area contributed by atoms with Crippen LogP contribution in [0, 0.1) is 20.8 Å². The van der Waals surface area contributed by atoms with E-state index < -0.39 is 0 Å². The van der Waals surface area contributed by atoms with Gasteiger partial charge in [-0.2, -0.15) is 10.1 Å². The van der Waals surface area contributed by atoms with Crippen molar-refractivity contribution in [3.8, 4) is 0 Å². The molecule has 2 heterocycles. The number of aryl methyl sites for hydroxylation is 3. The standard InChI is InChI=1S/C8H10N4O/c1-4-5(2)11-12-6(3)9-8(13)10-7(4)12/h1-3H3,(H,10,13). The summed E-state index contributed by atoms with van der Waals surface area (Å²) < 4.78 is 1.64. The van der Waals surface area contributed by atoms with Gasteiger partial charge in [-0.1, -0.05) is 0 Å². The summed E-state index contributed by atoms with van der Waals surface area (Å²) in [5.74, 6) is 0.606. The molecule has 0 aromatic carbocycles. The molecule has 13 heavy (non-hydrogen) atoms. The van der Waals surface area contributed by atoms with Crippen LogP contribution in [0.4, 0.5) is 0 Å². The molecular weight excluding hydrogens is 168 g/mol. The second-order valence-corrected chi connectivity index (χ2v) is 3.06. The number of aromatic nitrogens is 4. The van der Waals surface area contributed by atoms with Crippen molar-refractivity contribution < 1.29 is 0 Å². The lowest BCUT2D eigenvalue weighted by molar-refractivity contribution is 0.809. The summed E-state index contributed by atoms with van der Waals surface area (Å²) >= 11 is 0. The minimum atomic E-state index is -0.326. The van der Waals surface area contributed by atoms with Gasteiger partial charge in [0.25, 0.3) is 0 Å². The summed E-state index contributed by atoms with van der Waals surface area (Å²) in [5, 5.41) is 4.24. The van der Waals surface area contributed by atoms with E-state index in [1.807, 2.05) is 13.8 Å². The van der Waals surface area contributed by atoms with E-state index in [1.165, 1.54) is 0 Å². The van der Waals surface area contributed by atoms with Gasteiger partial charge in [-0.05, 0) is 20.8 Å². The average Bonchev–Trinajstić information content (AvgIpc) is 2.32. The fraction of sp³-hybridized carbons (Fsp3) is 0.375. The summed E-state index contributed by atoms with van der Waals surface area (Å²) in [6, 6.07) is 0. The fourth-order valence-electron chi connectivity index (χ4n) is 1.31. The van der Waals surface area contributed by atoms with Gasteiger partial charge in [-0.25, -0.2) is 9.31 Å². The van der Waals surface area contributed by atoms with Crippen molar-refractivity contribution in [1.82, 2.24) is 19.6 Å². The number of rotatable bonds is 0. The number of H-pyrrole nitrogens is 1. The van der Waals surface area contributed by atoms with E-state index in [-0.39, 0.29) is 5.69 Å². The fourth-order valence-corrected chi connectivity index (χ4v) is 1.31. The molecule has 1 N–H and O–H groups in total. The molecule has 0 bridgehead atoms. The van der Waals surface area contributed by atoms with Crippen LogP contribution in [0.25, 0.3) is 5.65 Å². The van der Waals surface area contributed by atoms with E-state index >= 15 is 0 Å². The van der Waals surface area contributed by atoms with E-state index in [4.69, 9.17) is 0 Å². The number of fused-ring (bicyclic) bond motifs is 1. The topological polar surface area (TPSA) is 63.1 Å². The zero-order valence-corrected chi connectivity index (χ0v) is 7.75. The molecule has 2 rings (SSSR count). The first-order chi connectivity index (χ1) is 6.09. The first-order valence-electron chi connectivity index (χ1n) is 4.02. The maximum atomic E-state index is 11.1. The van der Waals surface area contributed by atoms with E-state index in [1.54, 1.807) is 11.4 Å².